The van der Waals surface area contributed by atoms with Gasteiger partial charge in [0.05, 0.1) is 40.6 Å². The summed E-state index contributed by atoms with van der Waals surface area (Å²) in [7, 11) is 3.36. The number of benzene rings is 4. The third kappa shape index (κ3) is 6.25. The van der Waals surface area contributed by atoms with Gasteiger partial charge in [-0.25, -0.2) is 0 Å². The van der Waals surface area contributed by atoms with Crippen LogP contribution in [0.3, 0.4) is 0 Å². The Hall–Kier alpha value is -3.60. The zero-order valence-electron chi connectivity index (χ0n) is 19.7. The van der Waals surface area contributed by atoms with Crippen LogP contribution in [0.25, 0.3) is 11.1 Å². The summed E-state index contributed by atoms with van der Waals surface area (Å²) in [5.41, 5.74) is 6.58. The molecule has 0 saturated carbocycles. The van der Waals surface area contributed by atoms with Gasteiger partial charge in [-0.05, 0) is 57.6 Å². The molecular weight excluding hydrogens is 424 g/mol. The minimum atomic E-state index is 0.457. The summed E-state index contributed by atoms with van der Waals surface area (Å²) in [6, 6.07) is 32.6. The highest BCUT2D eigenvalue weighted by Gasteiger charge is 2.15. The molecule has 0 aliphatic rings. The van der Waals surface area contributed by atoms with E-state index in [0.29, 0.717) is 26.4 Å². The first-order valence-corrected chi connectivity index (χ1v) is 11.3. The first-order chi connectivity index (χ1) is 16.8. The summed E-state index contributed by atoms with van der Waals surface area (Å²) in [6.45, 7) is 2.00. The van der Waals surface area contributed by atoms with Crippen molar-refractivity contribution in [3.63, 3.8) is 0 Å². The maximum atomic E-state index is 6.12. The summed E-state index contributed by atoms with van der Waals surface area (Å²) in [5, 5.41) is 0. The normalized spacial score (nSPS) is 10.8. The van der Waals surface area contributed by atoms with Gasteiger partial charge in [0.1, 0.15) is 11.5 Å². The summed E-state index contributed by atoms with van der Waals surface area (Å²) in [4.78, 5) is 0. The summed E-state index contributed by atoms with van der Waals surface area (Å²) < 4.78 is 23.2. The second kappa shape index (κ2) is 12.0. The predicted octanol–water partition coefficient (Wildman–Crippen LogP) is 6.80. The lowest BCUT2D eigenvalue weighted by atomic mass is 9.94. The van der Waals surface area contributed by atoms with E-state index in [1.165, 1.54) is 0 Å². The molecule has 4 rings (SSSR count). The molecule has 0 aromatic heterocycles. The molecule has 0 atom stereocenters. The van der Waals surface area contributed by atoms with Gasteiger partial charge in [0.2, 0.25) is 0 Å². The van der Waals surface area contributed by atoms with Crippen LogP contribution in [-0.2, 0) is 35.9 Å². The van der Waals surface area contributed by atoms with Crippen molar-refractivity contribution in [1.82, 2.24) is 0 Å². The first-order valence-electron chi connectivity index (χ1n) is 11.3. The van der Waals surface area contributed by atoms with Gasteiger partial charge in [-0.2, -0.15) is 0 Å². The Balaban J connectivity index is 1.62. The summed E-state index contributed by atoms with van der Waals surface area (Å²) in [6.07, 6.45) is 0. The highest BCUT2D eigenvalue weighted by Crippen LogP contribution is 2.34. The maximum Gasteiger partial charge on any atom is 0.119 e. The van der Waals surface area contributed by atoms with E-state index in [0.717, 1.165) is 44.9 Å². The molecule has 0 spiro atoms. The van der Waals surface area contributed by atoms with Crippen molar-refractivity contribution in [1.29, 1.82) is 0 Å². The lowest BCUT2D eigenvalue weighted by Crippen LogP contribution is -2.03. The monoisotopic (exact) mass is 454 g/mol. The Morgan fingerprint density at radius 3 is 1.41 bits per heavy atom. The SMILES string of the molecule is COc1ccc(-c2c(COCc3ccccc3)cc(OC)cc2COCc2ccccc2)cc1. The average Bonchev–Trinajstić information content (AvgIpc) is 2.90. The second-order valence-electron chi connectivity index (χ2n) is 8.01. The lowest BCUT2D eigenvalue weighted by molar-refractivity contribution is 0.103. The fourth-order valence-electron chi connectivity index (χ4n) is 3.92. The van der Waals surface area contributed by atoms with Gasteiger partial charge in [-0.1, -0.05) is 72.8 Å². The van der Waals surface area contributed by atoms with Gasteiger partial charge in [0, 0.05) is 0 Å². The van der Waals surface area contributed by atoms with Crippen molar-refractivity contribution in [2.45, 2.75) is 26.4 Å². The van der Waals surface area contributed by atoms with E-state index in [4.69, 9.17) is 18.9 Å². The van der Waals surface area contributed by atoms with Crippen molar-refractivity contribution >= 4 is 0 Å². The molecular formula is C30H30O4. The van der Waals surface area contributed by atoms with E-state index in [1.807, 2.05) is 60.7 Å². The second-order valence-corrected chi connectivity index (χ2v) is 8.01. The van der Waals surface area contributed by atoms with Gasteiger partial charge >= 0.3 is 0 Å². The van der Waals surface area contributed by atoms with Crippen LogP contribution >= 0.6 is 0 Å². The number of ether oxygens (including phenoxy) is 4. The van der Waals surface area contributed by atoms with E-state index in [1.54, 1.807) is 14.2 Å². The van der Waals surface area contributed by atoms with Crippen molar-refractivity contribution < 1.29 is 18.9 Å². The fraction of sp³-hybridized carbons (Fsp3) is 0.200. The first kappa shape index (κ1) is 23.6. The van der Waals surface area contributed by atoms with Gasteiger partial charge in [0.15, 0.2) is 0 Å². The van der Waals surface area contributed by atoms with Crippen LogP contribution in [0, 0.1) is 0 Å². The molecule has 4 nitrogen and oxygen atoms in total. The number of hydrogen-bond acceptors (Lipinski definition) is 4. The lowest BCUT2D eigenvalue weighted by Gasteiger charge is -2.18. The third-order valence-electron chi connectivity index (χ3n) is 5.63. The molecule has 174 valence electrons. The van der Waals surface area contributed by atoms with Crippen molar-refractivity contribution in [3.8, 4) is 22.6 Å². The number of methoxy groups -OCH3 is 2. The zero-order chi connectivity index (χ0) is 23.6. The molecule has 0 saturated heterocycles. The van der Waals surface area contributed by atoms with Gasteiger partial charge < -0.3 is 18.9 Å². The van der Waals surface area contributed by atoms with E-state index >= 15 is 0 Å². The third-order valence-corrected chi connectivity index (χ3v) is 5.63. The van der Waals surface area contributed by atoms with E-state index in [9.17, 15) is 0 Å². The Labute approximate surface area is 201 Å². The molecule has 0 amide bonds. The number of hydrogen-bond donors (Lipinski definition) is 0. The van der Waals surface area contributed by atoms with Gasteiger partial charge in [-0.3, -0.25) is 0 Å². The Bertz CT molecular complexity index is 1090. The van der Waals surface area contributed by atoms with Crippen molar-refractivity contribution in [3.05, 3.63) is 119 Å². The molecule has 34 heavy (non-hydrogen) atoms. The molecule has 4 aromatic carbocycles. The topological polar surface area (TPSA) is 36.9 Å². The minimum Gasteiger partial charge on any atom is -0.497 e. The zero-order valence-corrected chi connectivity index (χ0v) is 19.7. The molecule has 0 aliphatic carbocycles. The van der Waals surface area contributed by atoms with Crippen LogP contribution < -0.4 is 9.47 Å². The Kier molecular flexibility index (Phi) is 8.33. The minimum absolute atomic E-state index is 0.457. The van der Waals surface area contributed by atoms with Crippen LogP contribution in [0.4, 0.5) is 0 Å². The van der Waals surface area contributed by atoms with Gasteiger partial charge in [0.25, 0.3) is 0 Å². The van der Waals surface area contributed by atoms with Crippen LogP contribution in [0.2, 0.25) is 0 Å². The Morgan fingerprint density at radius 2 is 0.971 bits per heavy atom. The molecule has 0 bridgehead atoms. The summed E-state index contributed by atoms with van der Waals surface area (Å²) in [5.74, 6) is 1.61. The standard InChI is InChI=1S/C30H30O4/c1-31-28-15-13-25(14-16-28)30-26(21-33-19-23-9-5-3-6-10-23)17-29(32-2)18-27(30)22-34-20-24-11-7-4-8-12-24/h3-18H,19-22H2,1-2H3. The highest BCUT2D eigenvalue weighted by atomic mass is 16.5. The van der Waals surface area contributed by atoms with E-state index < -0.39 is 0 Å². The average molecular weight is 455 g/mol. The predicted molar refractivity (Wildman–Crippen MR) is 135 cm³/mol. The van der Waals surface area contributed by atoms with Crippen molar-refractivity contribution in [2.75, 3.05) is 14.2 Å². The largest absolute Gasteiger partial charge is 0.497 e. The quantitative estimate of drug-likeness (QED) is 0.250. The molecule has 0 unspecified atom stereocenters. The van der Waals surface area contributed by atoms with Crippen LogP contribution in [0.5, 0.6) is 11.5 Å². The molecule has 0 heterocycles. The molecule has 0 aliphatic heterocycles. The van der Waals surface area contributed by atoms with Crippen LogP contribution in [0.15, 0.2) is 97.1 Å². The van der Waals surface area contributed by atoms with Crippen LogP contribution in [-0.4, -0.2) is 14.2 Å². The smallest absolute Gasteiger partial charge is 0.119 e. The van der Waals surface area contributed by atoms with E-state index in [2.05, 4.69) is 36.4 Å². The fourth-order valence-corrected chi connectivity index (χ4v) is 3.92. The summed E-state index contributed by atoms with van der Waals surface area (Å²) >= 11 is 0. The molecule has 0 radical (unpaired) electrons. The Morgan fingerprint density at radius 1 is 0.500 bits per heavy atom. The number of rotatable bonds is 11. The molecule has 4 heteroatoms. The molecule has 0 N–H and O–H groups in total. The molecule has 0 fully saturated rings. The van der Waals surface area contributed by atoms with E-state index in [-0.39, 0.29) is 0 Å². The maximum absolute atomic E-state index is 6.12. The van der Waals surface area contributed by atoms with Crippen molar-refractivity contribution in [2.24, 2.45) is 0 Å². The van der Waals surface area contributed by atoms with Gasteiger partial charge in [-0.15, -0.1) is 0 Å². The molecule has 4 aromatic rings. The highest BCUT2D eigenvalue weighted by molar-refractivity contribution is 5.73. The van der Waals surface area contributed by atoms with Crippen LogP contribution in [0.1, 0.15) is 22.3 Å².